The summed E-state index contributed by atoms with van der Waals surface area (Å²) in [6.07, 6.45) is 0.924. The summed E-state index contributed by atoms with van der Waals surface area (Å²) in [6, 6.07) is 7.78. The Hall–Kier alpha value is -2.01. The maximum Gasteiger partial charge on any atom is 0.130 e. The van der Waals surface area contributed by atoms with Crippen molar-refractivity contribution in [2.75, 3.05) is 7.11 Å². The number of nitrogens with two attached hydrogens (primary N) is 1. The minimum atomic E-state index is 0.437. The van der Waals surface area contributed by atoms with Gasteiger partial charge >= 0.3 is 0 Å². The lowest BCUT2D eigenvalue weighted by Gasteiger charge is -2.12. The average Bonchev–Trinajstić information content (AvgIpc) is 2.94. The molecule has 114 valence electrons. The molecule has 1 heterocycles. The number of methoxy groups -OCH3 is 1. The van der Waals surface area contributed by atoms with Crippen molar-refractivity contribution in [1.29, 1.82) is 0 Å². The van der Waals surface area contributed by atoms with Gasteiger partial charge in [-0.3, -0.25) is 4.68 Å². The van der Waals surface area contributed by atoms with Crippen LogP contribution in [0.4, 0.5) is 0 Å². The van der Waals surface area contributed by atoms with Gasteiger partial charge in [0.05, 0.1) is 18.5 Å². The Morgan fingerprint density at radius 2 is 2.05 bits per heavy atom. The minimum Gasteiger partial charge on any atom is -0.497 e. The van der Waals surface area contributed by atoms with Crippen molar-refractivity contribution in [2.24, 2.45) is 5.73 Å². The molecule has 0 aliphatic rings. The molecule has 0 aliphatic heterocycles. The first-order valence-electron chi connectivity index (χ1n) is 7.27. The molecule has 0 unspecified atom stereocenters. The maximum absolute atomic E-state index is 5.94. The number of aryl methyl sites for hydroxylation is 2. The Kier molecular flexibility index (Phi) is 5.22. The van der Waals surface area contributed by atoms with Gasteiger partial charge in [-0.2, -0.15) is 5.10 Å². The van der Waals surface area contributed by atoms with E-state index in [2.05, 4.69) is 25.0 Å². The van der Waals surface area contributed by atoms with Crippen LogP contribution < -0.4 is 15.2 Å². The molecule has 0 saturated heterocycles. The van der Waals surface area contributed by atoms with Crippen molar-refractivity contribution >= 4 is 0 Å². The topological polar surface area (TPSA) is 62.3 Å². The van der Waals surface area contributed by atoms with E-state index in [0.29, 0.717) is 13.2 Å². The van der Waals surface area contributed by atoms with Gasteiger partial charge in [0, 0.05) is 24.7 Å². The number of hydrogen-bond donors (Lipinski definition) is 1. The number of rotatable bonds is 7. The van der Waals surface area contributed by atoms with Crippen molar-refractivity contribution in [3.63, 3.8) is 0 Å². The fourth-order valence-corrected chi connectivity index (χ4v) is 2.19. The van der Waals surface area contributed by atoms with Gasteiger partial charge in [0.2, 0.25) is 0 Å². The lowest BCUT2D eigenvalue weighted by atomic mass is 10.2. The van der Waals surface area contributed by atoms with E-state index in [1.165, 1.54) is 0 Å². The second-order valence-corrected chi connectivity index (χ2v) is 4.76. The van der Waals surface area contributed by atoms with Crippen LogP contribution in [0.2, 0.25) is 0 Å². The molecule has 0 fully saturated rings. The third kappa shape index (κ3) is 3.55. The van der Waals surface area contributed by atoms with Crippen LogP contribution in [0.3, 0.4) is 0 Å². The highest BCUT2D eigenvalue weighted by molar-refractivity contribution is 5.40. The van der Waals surface area contributed by atoms with Crippen LogP contribution in [0.1, 0.15) is 30.8 Å². The smallest absolute Gasteiger partial charge is 0.130 e. The zero-order valence-electron chi connectivity index (χ0n) is 12.9. The predicted octanol–water partition coefficient (Wildman–Crippen LogP) is 2.51. The standard InChI is InChI=1S/C16H23N3O2/c1-4-13-8-14(19(5-2)18-13)11-21-16-9-15(20-3)7-6-12(16)10-17/h6-9H,4-5,10-11,17H2,1-3H3. The van der Waals surface area contributed by atoms with E-state index in [4.69, 9.17) is 15.2 Å². The van der Waals surface area contributed by atoms with E-state index < -0.39 is 0 Å². The number of aromatic nitrogens is 2. The fourth-order valence-electron chi connectivity index (χ4n) is 2.19. The van der Waals surface area contributed by atoms with Crippen LogP contribution in [0.15, 0.2) is 24.3 Å². The normalized spacial score (nSPS) is 10.7. The highest BCUT2D eigenvalue weighted by atomic mass is 16.5. The summed E-state index contributed by atoms with van der Waals surface area (Å²) in [5, 5.41) is 4.52. The molecule has 0 amide bonds. The molecule has 2 rings (SSSR count). The number of hydrogen-bond acceptors (Lipinski definition) is 4. The van der Waals surface area contributed by atoms with Crippen LogP contribution in [-0.4, -0.2) is 16.9 Å². The molecule has 5 heteroatoms. The first kappa shape index (κ1) is 15.4. The Labute approximate surface area is 125 Å². The lowest BCUT2D eigenvalue weighted by Crippen LogP contribution is -2.08. The van der Waals surface area contributed by atoms with E-state index >= 15 is 0 Å². The van der Waals surface area contributed by atoms with E-state index in [-0.39, 0.29) is 0 Å². The van der Waals surface area contributed by atoms with E-state index in [1.807, 2.05) is 22.9 Å². The molecular weight excluding hydrogens is 266 g/mol. The van der Waals surface area contributed by atoms with Crippen LogP contribution in [-0.2, 0) is 26.1 Å². The zero-order chi connectivity index (χ0) is 15.2. The van der Waals surface area contributed by atoms with Gasteiger partial charge in [0.15, 0.2) is 0 Å². The Morgan fingerprint density at radius 1 is 1.24 bits per heavy atom. The summed E-state index contributed by atoms with van der Waals surface area (Å²) in [6.45, 7) is 5.92. The van der Waals surface area contributed by atoms with E-state index in [9.17, 15) is 0 Å². The van der Waals surface area contributed by atoms with Crippen molar-refractivity contribution in [2.45, 2.75) is 40.0 Å². The Bertz CT molecular complexity index is 593. The lowest BCUT2D eigenvalue weighted by molar-refractivity contribution is 0.287. The molecule has 0 aliphatic carbocycles. The van der Waals surface area contributed by atoms with Crippen LogP contribution in [0, 0.1) is 0 Å². The van der Waals surface area contributed by atoms with Crippen molar-refractivity contribution in [3.8, 4) is 11.5 Å². The summed E-state index contributed by atoms with van der Waals surface area (Å²) in [5.41, 5.74) is 8.87. The van der Waals surface area contributed by atoms with Gasteiger partial charge in [-0.15, -0.1) is 0 Å². The van der Waals surface area contributed by atoms with Gasteiger partial charge in [-0.05, 0) is 25.5 Å². The molecule has 0 spiro atoms. The number of benzene rings is 1. The molecule has 0 saturated carbocycles. The first-order valence-corrected chi connectivity index (χ1v) is 7.27. The molecule has 2 aromatic rings. The summed E-state index contributed by atoms with van der Waals surface area (Å²) in [4.78, 5) is 0. The Balaban J connectivity index is 2.17. The van der Waals surface area contributed by atoms with Crippen LogP contribution in [0.25, 0.3) is 0 Å². The third-order valence-corrected chi connectivity index (χ3v) is 3.45. The van der Waals surface area contributed by atoms with Gasteiger partial charge in [0.1, 0.15) is 18.1 Å². The summed E-state index contributed by atoms with van der Waals surface area (Å²) in [7, 11) is 1.64. The third-order valence-electron chi connectivity index (χ3n) is 3.45. The second-order valence-electron chi connectivity index (χ2n) is 4.76. The summed E-state index contributed by atoms with van der Waals surface area (Å²) >= 11 is 0. The molecule has 0 radical (unpaired) electrons. The minimum absolute atomic E-state index is 0.437. The summed E-state index contributed by atoms with van der Waals surface area (Å²) < 4.78 is 13.1. The van der Waals surface area contributed by atoms with E-state index in [0.717, 1.165) is 41.4 Å². The van der Waals surface area contributed by atoms with E-state index in [1.54, 1.807) is 7.11 Å². The molecule has 5 nitrogen and oxygen atoms in total. The Morgan fingerprint density at radius 3 is 2.67 bits per heavy atom. The monoisotopic (exact) mass is 289 g/mol. The largest absolute Gasteiger partial charge is 0.497 e. The molecular formula is C16H23N3O2. The maximum atomic E-state index is 5.94. The fraction of sp³-hybridized carbons (Fsp3) is 0.438. The molecule has 0 atom stereocenters. The average molecular weight is 289 g/mol. The highest BCUT2D eigenvalue weighted by Crippen LogP contribution is 2.25. The van der Waals surface area contributed by atoms with Gasteiger partial charge in [-0.1, -0.05) is 13.0 Å². The summed E-state index contributed by atoms with van der Waals surface area (Å²) in [5.74, 6) is 1.53. The molecule has 2 N–H and O–H groups in total. The van der Waals surface area contributed by atoms with Gasteiger partial charge in [0.25, 0.3) is 0 Å². The van der Waals surface area contributed by atoms with Crippen molar-refractivity contribution < 1.29 is 9.47 Å². The molecule has 21 heavy (non-hydrogen) atoms. The second kappa shape index (κ2) is 7.13. The number of nitrogens with zero attached hydrogens (tertiary/aromatic N) is 2. The first-order chi connectivity index (χ1) is 10.2. The van der Waals surface area contributed by atoms with Crippen LogP contribution >= 0.6 is 0 Å². The predicted molar refractivity (Wildman–Crippen MR) is 82.5 cm³/mol. The molecule has 0 bridgehead atoms. The number of ether oxygens (including phenoxy) is 2. The van der Waals surface area contributed by atoms with Gasteiger partial charge in [-0.25, -0.2) is 0 Å². The highest BCUT2D eigenvalue weighted by Gasteiger charge is 2.09. The van der Waals surface area contributed by atoms with Crippen molar-refractivity contribution in [1.82, 2.24) is 9.78 Å². The SMILES string of the molecule is CCc1cc(COc2cc(OC)ccc2CN)n(CC)n1. The quantitative estimate of drug-likeness (QED) is 0.850. The molecule has 1 aromatic heterocycles. The van der Waals surface area contributed by atoms with Crippen molar-refractivity contribution in [3.05, 3.63) is 41.2 Å². The zero-order valence-corrected chi connectivity index (χ0v) is 12.9. The molecule has 1 aromatic carbocycles. The van der Waals surface area contributed by atoms with Gasteiger partial charge < -0.3 is 15.2 Å². The van der Waals surface area contributed by atoms with Crippen LogP contribution in [0.5, 0.6) is 11.5 Å².